The molecule has 1 aromatic rings. The summed E-state index contributed by atoms with van der Waals surface area (Å²) in [5.41, 5.74) is 2.60. The predicted octanol–water partition coefficient (Wildman–Crippen LogP) is 3.32. The summed E-state index contributed by atoms with van der Waals surface area (Å²) in [7, 11) is 5.32. The van der Waals surface area contributed by atoms with Crippen LogP contribution in [0, 0.1) is 12.3 Å². The molecule has 1 rings (SSSR count). The van der Waals surface area contributed by atoms with Gasteiger partial charge in [-0.15, -0.1) is 0 Å². The van der Waals surface area contributed by atoms with E-state index in [4.69, 9.17) is 9.47 Å². The fourth-order valence-electron chi connectivity index (χ4n) is 2.36. The van der Waals surface area contributed by atoms with Crippen LogP contribution in [-0.4, -0.2) is 21.3 Å². The van der Waals surface area contributed by atoms with Crippen LogP contribution in [0.15, 0.2) is 12.1 Å². The largest absolute Gasteiger partial charge is 0.493 e. The zero-order valence-electron chi connectivity index (χ0n) is 12.5. The fourth-order valence-corrected chi connectivity index (χ4v) is 2.36. The Bertz CT molecular complexity index is 408. The molecule has 0 fully saturated rings. The molecule has 0 aliphatic carbocycles. The zero-order valence-corrected chi connectivity index (χ0v) is 12.5. The maximum atomic E-state index is 5.39. The monoisotopic (exact) mass is 251 g/mol. The Kier molecular flexibility index (Phi) is 4.63. The third-order valence-corrected chi connectivity index (χ3v) is 3.24. The van der Waals surface area contributed by atoms with Gasteiger partial charge in [0.15, 0.2) is 11.5 Å². The lowest BCUT2D eigenvalue weighted by Gasteiger charge is -2.32. The number of rotatable bonds is 4. The van der Waals surface area contributed by atoms with Crippen molar-refractivity contribution in [2.75, 3.05) is 21.3 Å². The fraction of sp³-hybridized carbons (Fsp3) is 0.600. The van der Waals surface area contributed by atoms with Gasteiger partial charge in [-0.1, -0.05) is 20.8 Å². The highest BCUT2D eigenvalue weighted by atomic mass is 16.5. The molecule has 0 aliphatic rings. The van der Waals surface area contributed by atoms with Crippen LogP contribution in [-0.2, 0) is 0 Å². The van der Waals surface area contributed by atoms with Crippen molar-refractivity contribution < 1.29 is 9.47 Å². The molecule has 0 aliphatic heterocycles. The minimum atomic E-state index is 0.138. The van der Waals surface area contributed by atoms with E-state index in [1.54, 1.807) is 14.2 Å². The van der Waals surface area contributed by atoms with E-state index < -0.39 is 0 Å². The second-order valence-electron chi connectivity index (χ2n) is 5.65. The Balaban J connectivity index is 3.32. The summed E-state index contributed by atoms with van der Waals surface area (Å²) in [6.07, 6.45) is 0. The first-order valence-electron chi connectivity index (χ1n) is 6.25. The van der Waals surface area contributed by atoms with Crippen LogP contribution in [0.1, 0.15) is 37.9 Å². The summed E-state index contributed by atoms with van der Waals surface area (Å²) >= 11 is 0. The third kappa shape index (κ3) is 2.96. The van der Waals surface area contributed by atoms with Crippen LogP contribution >= 0.6 is 0 Å². The lowest BCUT2D eigenvalue weighted by molar-refractivity contribution is 0.284. The Morgan fingerprint density at radius 2 is 1.56 bits per heavy atom. The molecule has 18 heavy (non-hydrogen) atoms. The van der Waals surface area contributed by atoms with Gasteiger partial charge in [-0.25, -0.2) is 0 Å². The maximum Gasteiger partial charge on any atom is 0.161 e. The number of ether oxygens (including phenoxy) is 2. The number of hydrogen-bond acceptors (Lipinski definition) is 3. The standard InChI is InChI=1S/C15H25NO2/c1-10-8-12(17-6)13(18-7)9-11(10)14(16-5)15(2,3)4/h8-9,14,16H,1-7H3. The molecule has 0 aromatic heterocycles. The summed E-state index contributed by atoms with van der Waals surface area (Å²) in [4.78, 5) is 0. The summed E-state index contributed by atoms with van der Waals surface area (Å²) in [6.45, 7) is 8.78. The Hall–Kier alpha value is -1.22. The van der Waals surface area contributed by atoms with Gasteiger partial charge >= 0.3 is 0 Å². The second-order valence-corrected chi connectivity index (χ2v) is 5.65. The van der Waals surface area contributed by atoms with Gasteiger partial charge in [0.25, 0.3) is 0 Å². The molecule has 0 radical (unpaired) electrons. The van der Waals surface area contributed by atoms with E-state index in [2.05, 4.69) is 39.1 Å². The minimum Gasteiger partial charge on any atom is -0.493 e. The van der Waals surface area contributed by atoms with E-state index in [0.29, 0.717) is 0 Å². The Labute approximate surface area is 110 Å². The van der Waals surface area contributed by atoms with E-state index in [9.17, 15) is 0 Å². The smallest absolute Gasteiger partial charge is 0.161 e. The predicted molar refractivity (Wildman–Crippen MR) is 75.5 cm³/mol. The molecular formula is C15H25NO2. The Morgan fingerprint density at radius 3 is 1.94 bits per heavy atom. The molecule has 0 saturated carbocycles. The van der Waals surface area contributed by atoms with E-state index in [-0.39, 0.29) is 11.5 Å². The molecular weight excluding hydrogens is 226 g/mol. The minimum absolute atomic E-state index is 0.138. The third-order valence-electron chi connectivity index (χ3n) is 3.24. The van der Waals surface area contributed by atoms with Crippen molar-refractivity contribution >= 4 is 0 Å². The molecule has 0 heterocycles. The lowest BCUT2D eigenvalue weighted by Crippen LogP contribution is -2.30. The molecule has 1 aromatic carbocycles. The molecule has 1 atom stereocenters. The quantitative estimate of drug-likeness (QED) is 0.890. The molecule has 0 spiro atoms. The number of aryl methyl sites for hydroxylation is 1. The molecule has 1 unspecified atom stereocenters. The summed E-state index contributed by atoms with van der Waals surface area (Å²) in [6, 6.07) is 4.38. The first-order chi connectivity index (χ1) is 8.35. The van der Waals surface area contributed by atoms with Crippen molar-refractivity contribution in [3.63, 3.8) is 0 Å². The average Bonchev–Trinajstić information content (AvgIpc) is 2.29. The maximum absolute atomic E-state index is 5.39. The first kappa shape index (κ1) is 14.8. The number of benzene rings is 1. The van der Waals surface area contributed by atoms with Gasteiger partial charge in [-0.3, -0.25) is 0 Å². The normalized spacial score (nSPS) is 13.3. The van der Waals surface area contributed by atoms with Gasteiger partial charge in [0.2, 0.25) is 0 Å². The van der Waals surface area contributed by atoms with Crippen molar-refractivity contribution in [3.8, 4) is 11.5 Å². The van der Waals surface area contributed by atoms with Crippen LogP contribution < -0.4 is 14.8 Å². The van der Waals surface area contributed by atoms with Gasteiger partial charge in [0.1, 0.15) is 0 Å². The van der Waals surface area contributed by atoms with Gasteiger partial charge in [-0.05, 0) is 42.6 Å². The number of methoxy groups -OCH3 is 2. The van der Waals surface area contributed by atoms with Crippen molar-refractivity contribution in [2.24, 2.45) is 5.41 Å². The van der Waals surface area contributed by atoms with Crippen LogP contribution in [0.4, 0.5) is 0 Å². The Morgan fingerprint density at radius 1 is 1.06 bits per heavy atom. The van der Waals surface area contributed by atoms with Gasteiger partial charge < -0.3 is 14.8 Å². The average molecular weight is 251 g/mol. The summed E-state index contributed by atoms with van der Waals surface area (Å²) < 4.78 is 10.7. The van der Waals surface area contributed by atoms with E-state index in [0.717, 1.165) is 11.5 Å². The SMILES string of the molecule is CNC(c1cc(OC)c(OC)cc1C)C(C)(C)C. The van der Waals surface area contributed by atoms with Gasteiger partial charge in [0, 0.05) is 6.04 Å². The van der Waals surface area contributed by atoms with E-state index in [1.165, 1.54) is 11.1 Å². The zero-order chi connectivity index (χ0) is 13.9. The van der Waals surface area contributed by atoms with Crippen molar-refractivity contribution in [3.05, 3.63) is 23.3 Å². The van der Waals surface area contributed by atoms with E-state index >= 15 is 0 Å². The van der Waals surface area contributed by atoms with E-state index in [1.807, 2.05) is 13.1 Å². The molecule has 0 amide bonds. The van der Waals surface area contributed by atoms with Crippen molar-refractivity contribution in [2.45, 2.75) is 33.7 Å². The molecule has 1 N–H and O–H groups in total. The molecule has 0 saturated heterocycles. The molecule has 3 nitrogen and oxygen atoms in total. The summed E-state index contributed by atoms with van der Waals surface area (Å²) in [5, 5.41) is 3.39. The van der Waals surface area contributed by atoms with Crippen LogP contribution in [0.3, 0.4) is 0 Å². The van der Waals surface area contributed by atoms with Gasteiger partial charge in [0.05, 0.1) is 14.2 Å². The molecule has 0 bridgehead atoms. The van der Waals surface area contributed by atoms with Crippen molar-refractivity contribution in [1.82, 2.24) is 5.32 Å². The number of nitrogens with one attached hydrogen (secondary N) is 1. The van der Waals surface area contributed by atoms with Crippen LogP contribution in [0.5, 0.6) is 11.5 Å². The van der Waals surface area contributed by atoms with Crippen LogP contribution in [0.25, 0.3) is 0 Å². The highest BCUT2D eigenvalue weighted by molar-refractivity contribution is 5.48. The molecule has 3 heteroatoms. The van der Waals surface area contributed by atoms with Gasteiger partial charge in [-0.2, -0.15) is 0 Å². The lowest BCUT2D eigenvalue weighted by atomic mass is 9.81. The highest BCUT2D eigenvalue weighted by Crippen LogP contribution is 2.39. The van der Waals surface area contributed by atoms with Crippen molar-refractivity contribution in [1.29, 1.82) is 0 Å². The first-order valence-corrected chi connectivity index (χ1v) is 6.25. The topological polar surface area (TPSA) is 30.5 Å². The van der Waals surface area contributed by atoms with Crippen LogP contribution in [0.2, 0.25) is 0 Å². The molecule has 102 valence electrons. The summed E-state index contributed by atoms with van der Waals surface area (Å²) in [5.74, 6) is 1.56. The number of hydrogen-bond donors (Lipinski definition) is 1. The highest BCUT2D eigenvalue weighted by Gasteiger charge is 2.27. The second kappa shape index (κ2) is 5.61.